The number of benzene rings is 1. The summed E-state index contributed by atoms with van der Waals surface area (Å²) < 4.78 is 0. The van der Waals surface area contributed by atoms with Gasteiger partial charge < -0.3 is 10.0 Å². The normalized spacial score (nSPS) is 18.0. The zero-order chi connectivity index (χ0) is 12.6. The number of hydrogen-bond donors (Lipinski definition) is 1. The zero-order valence-corrected chi connectivity index (χ0v) is 9.96. The first kappa shape index (κ1) is 11.9. The fourth-order valence-electron chi connectivity index (χ4n) is 2.04. The van der Waals surface area contributed by atoms with Crippen molar-refractivity contribution in [3.8, 4) is 0 Å². The lowest BCUT2D eigenvalue weighted by Crippen LogP contribution is -2.64. The molecule has 0 saturated carbocycles. The molecular formula is C12H16N2O3. The maximum atomic E-state index is 10.9. The van der Waals surface area contributed by atoms with Gasteiger partial charge in [-0.05, 0) is 12.0 Å². The lowest BCUT2D eigenvalue weighted by molar-refractivity contribution is -0.384. The molecule has 5 heteroatoms. The molecule has 0 amide bonds. The van der Waals surface area contributed by atoms with E-state index >= 15 is 0 Å². The summed E-state index contributed by atoms with van der Waals surface area (Å²) in [5, 5.41) is 21.0. The lowest BCUT2D eigenvalue weighted by atomic mass is 9.82. The number of nitrogens with zero attached hydrogens (tertiary/aromatic N) is 2. The first-order valence-corrected chi connectivity index (χ1v) is 5.65. The van der Waals surface area contributed by atoms with E-state index in [1.54, 1.807) is 18.2 Å². The fraction of sp³-hybridized carbons (Fsp3) is 0.500. The first-order valence-electron chi connectivity index (χ1n) is 5.65. The van der Waals surface area contributed by atoms with Crippen LogP contribution in [0, 0.1) is 16.0 Å². The predicted molar refractivity (Wildman–Crippen MR) is 65.1 cm³/mol. The molecule has 5 nitrogen and oxygen atoms in total. The highest BCUT2D eigenvalue weighted by Gasteiger charge is 2.45. The SMILES string of the molecule is CC(C)C1(O)CN(c2ccccc2[N+](=O)[O-])C1. The van der Waals surface area contributed by atoms with Crippen LogP contribution in [0.25, 0.3) is 0 Å². The van der Waals surface area contributed by atoms with Gasteiger partial charge in [0.15, 0.2) is 0 Å². The van der Waals surface area contributed by atoms with Crippen LogP contribution in [-0.2, 0) is 0 Å². The van der Waals surface area contributed by atoms with Gasteiger partial charge in [0.25, 0.3) is 5.69 Å². The average molecular weight is 236 g/mol. The van der Waals surface area contributed by atoms with Crippen molar-refractivity contribution in [1.29, 1.82) is 0 Å². The van der Waals surface area contributed by atoms with Gasteiger partial charge in [0, 0.05) is 19.2 Å². The summed E-state index contributed by atoms with van der Waals surface area (Å²) >= 11 is 0. The quantitative estimate of drug-likeness (QED) is 0.642. The third-order valence-electron chi connectivity index (χ3n) is 3.42. The summed E-state index contributed by atoms with van der Waals surface area (Å²) in [6.07, 6.45) is 0. The van der Waals surface area contributed by atoms with Crippen LogP contribution >= 0.6 is 0 Å². The van der Waals surface area contributed by atoms with Gasteiger partial charge in [-0.15, -0.1) is 0 Å². The number of para-hydroxylation sites is 2. The summed E-state index contributed by atoms with van der Waals surface area (Å²) in [6.45, 7) is 4.82. The van der Waals surface area contributed by atoms with Crippen molar-refractivity contribution in [1.82, 2.24) is 0 Å². The Balaban J connectivity index is 2.19. The minimum Gasteiger partial charge on any atom is -0.386 e. The third kappa shape index (κ3) is 1.98. The van der Waals surface area contributed by atoms with Crippen LogP contribution in [0.5, 0.6) is 0 Å². The van der Waals surface area contributed by atoms with Gasteiger partial charge in [-0.2, -0.15) is 0 Å². The van der Waals surface area contributed by atoms with Crippen LogP contribution in [0.3, 0.4) is 0 Å². The zero-order valence-electron chi connectivity index (χ0n) is 9.96. The van der Waals surface area contributed by atoms with E-state index in [0.29, 0.717) is 18.8 Å². The second-order valence-electron chi connectivity index (χ2n) is 4.86. The lowest BCUT2D eigenvalue weighted by Gasteiger charge is -2.50. The van der Waals surface area contributed by atoms with Crippen molar-refractivity contribution in [2.24, 2.45) is 5.92 Å². The highest BCUT2D eigenvalue weighted by atomic mass is 16.6. The Labute approximate surface area is 99.8 Å². The van der Waals surface area contributed by atoms with E-state index in [9.17, 15) is 15.2 Å². The van der Waals surface area contributed by atoms with Crippen molar-refractivity contribution in [2.45, 2.75) is 19.4 Å². The van der Waals surface area contributed by atoms with E-state index in [4.69, 9.17) is 0 Å². The molecule has 1 aliphatic rings. The Morgan fingerprint density at radius 3 is 2.53 bits per heavy atom. The van der Waals surface area contributed by atoms with Crippen LogP contribution < -0.4 is 4.90 Å². The highest BCUT2D eigenvalue weighted by Crippen LogP contribution is 2.37. The monoisotopic (exact) mass is 236 g/mol. The Bertz CT molecular complexity index is 439. The van der Waals surface area contributed by atoms with Crippen molar-refractivity contribution < 1.29 is 10.0 Å². The van der Waals surface area contributed by atoms with Crippen LogP contribution in [0.4, 0.5) is 11.4 Å². The van der Waals surface area contributed by atoms with E-state index in [-0.39, 0.29) is 16.5 Å². The smallest absolute Gasteiger partial charge is 0.292 e. The van der Waals surface area contributed by atoms with Crippen LogP contribution in [0.15, 0.2) is 24.3 Å². The Morgan fingerprint density at radius 1 is 1.41 bits per heavy atom. The Hall–Kier alpha value is -1.62. The molecule has 0 aliphatic carbocycles. The van der Waals surface area contributed by atoms with E-state index in [1.807, 2.05) is 18.7 Å². The largest absolute Gasteiger partial charge is 0.386 e. The summed E-state index contributed by atoms with van der Waals surface area (Å²) in [5.41, 5.74) is -0.0369. The molecule has 0 unspecified atom stereocenters. The van der Waals surface area contributed by atoms with Crippen LogP contribution in [-0.4, -0.2) is 28.7 Å². The molecule has 0 radical (unpaired) electrons. The molecule has 1 aliphatic heterocycles. The van der Waals surface area contributed by atoms with E-state index < -0.39 is 5.60 Å². The molecule has 0 spiro atoms. The summed E-state index contributed by atoms with van der Waals surface area (Å²) in [4.78, 5) is 12.3. The molecule has 2 rings (SSSR count). The number of anilines is 1. The first-order chi connectivity index (χ1) is 7.94. The molecule has 1 aromatic carbocycles. The number of aliphatic hydroxyl groups is 1. The van der Waals surface area contributed by atoms with E-state index in [0.717, 1.165) is 0 Å². The third-order valence-corrected chi connectivity index (χ3v) is 3.42. The minimum atomic E-state index is -0.719. The number of rotatable bonds is 3. The van der Waals surface area contributed by atoms with Gasteiger partial charge in [-0.1, -0.05) is 26.0 Å². The van der Waals surface area contributed by atoms with Crippen molar-refractivity contribution in [2.75, 3.05) is 18.0 Å². The topological polar surface area (TPSA) is 66.6 Å². The van der Waals surface area contributed by atoms with E-state index in [2.05, 4.69) is 0 Å². The van der Waals surface area contributed by atoms with Gasteiger partial charge >= 0.3 is 0 Å². The molecule has 1 heterocycles. The second-order valence-corrected chi connectivity index (χ2v) is 4.86. The Morgan fingerprint density at radius 2 is 2.00 bits per heavy atom. The van der Waals surface area contributed by atoms with Gasteiger partial charge in [0.1, 0.15) is 11.3 Å². The number of nitro groups is 1. The fourth-order valence-corrected chi connectivity index (χ4v) is 2.04. The average Bonchev–Trinajstić information content (AvgIpc) is 2.24. The molecule has 0 atom stereocenters. The molecule has 92 valence electrons. The molecule has 1 N–H and O–H groups in total. The minimum absolute atomic E-state index is 0.0957. The maximum absolute atomic E-state index is 10.9. The standard InChI is InChI=1S/C12H16N2O3/c1-9(2)12(15)7-13(8-12)10-5-3-4-6-11(10)14(16)17/h3-6,9,15H,7-8H2,1-2H3. The second kappa shape index (κ2) is 4.00. The summed E-state index contributed by atoms with van der Waals surface area (Å²) in [6, 6.07) is 6.63. The van der Waals surface area contributed by atoms with Gasteiger partial charge in [-0.3, -0.25) is 10.1 Å². The number of hydrogen-bond acceptors (Lipinski definition) is 4. The van der Waals surface area contributed by atoms with Gasteiger partial charge in [-0.25, -0.2) is 0 Å². The summed E-state index contributed by atoms with van der Waals surface area (Å²) in [7, 11) is 0. The highest BCUT2D eigenvalue weighted by molar-refractivity contribution is 5.65. The van der Waals surface area contributed by atoms with Gasteiger partial charge in [0.2, 0.25) is 0 Å². The molecule has 17 heavy (non-hydrogen) atoms. The van der Waals surface area contributed by atoms with Crippen molar-refractivity contribution in [3.63, 3.8) is 0 Å². The van der Waals surface area contributed by atoms with Gasteiger partial charge in [0.05, 0.1) is 4.92 Å². The molecule has 1 aromatic rings. The van der Waals surface area contributed by atoms with Crippen LogP contribution in [0.2, 0.25) is 0 Å². The van der Waals surface area contributed by atoms with Crippen molar-refractivity contribution >= 4 is 11.4 Å². The predicted octanol–water partition coefficient (Wildman–Crippen LogP) is 1.80. The summed E-state index contributed by atoms with van der Waals surface area (Å²) in [5.74, 6) is 0.154. The van der Waals surface area contributed by atoms with Crippen LogP contribution in [0.1, 0.15) is 13.8 Å². The Kier molecular flexibility index (Phi) is 2.79. The van der Waals surface area contributed by atoms with E-state index in [1.165, 1.54) is 6.07 Å². The number of β-amino-alcohol motifs (C(OH)–C–C–N with tert-alkyl or cyclic N) is 1. The molecule has 0 bridgehead atoms. The number of nitro benzene ring substituents is 1. The molecule has 1 fully saturated rings. The molecular weight excluding hydrogens is 220 g/mol. The molecule has 1 saturated heterocycles. The van der Waals surface area contributed by atoms with Crippen molar-refractivity contribution in [3.05, 3.63) is 34.4 Å². The molecule has 0 aromatic heterocycles. The maximum Gasteiger partial charge on any atom is 0.292 e.